The van der Waals surface area contributed by atoms with Crippen molar-refractivity contribution in [1.82, 2.24) is 0 Å². The molecule has 0 bridgehead atoms. The molecule has 13 heteroatoms. The average molecular weight is 597 g/mol. The Balaban J connectivity index is 1.75. The van der Waals surface area contributed by atoms with Gasteiger partial charge >= 0.3 is 10.1 Å². The summed E-state index contributed by atoms with van der Waals surface area (Å²) in [5.41, 5.74) is 1.46. The molecule has 3 aromatic rings. The maximum atomic E-state index is 13.9. The zero-order valence-electron chi connectivity index (χ0n) is 17.4. The Morgan fingerprint density at radius 1 is 0.943 bits per heavy atom. The minimum absolute atomic E-state index is 0.361. The molecule has 0 amide bonds. The van der Waals surface area contributed by atoms with Gasteiger partial charge in [0.1, 0.15) is 10.6 Å². The molecule has 0 aliphatic carbocycles. The third-order valence-corrected chi connectivity index (χ3v) is 7.45. The Morgan fingerprint density at radius 3 is 2.20 bits per heavy atom. The van der Waals surface area contributed by atoms with Crippen molar-refractivity contribution in [2.75, 3.05) is 18.6 Å². The van der Waals surface area contributed by atoms with Crippen molar-refractivity contribution in [2.24, 2.45) is 0 Å². The number of fused-ring (bicyclic) bond motifs is 1. The zero-order valence-corrected chi connectivity index (χ0v) is 20.5. The maximum absolute atomic E-state index is 13.9. The van der Waals surface area contributed by atoms with Crippen LogP contribution in [0.4, 0.5) is 33.3 Å². The lowest BCUT2D eigenvalue weighted by Crippen LogP contribution is -2.21. The molecule has 0 N–H and O–H groups in total. The highest BCUT2D eigenvalue weighted by atomic mass is 79.9. The first-order chi connectivity index (χ1) is 16.5. The van der Waals surface area contributed by atoms with Crippen molar-refractivity contribution in [2.45, 2.75) is 4.90 Å². The highest BCUT2D eigenvalue weighted by Gasteiger charge is 2.31. The number of methoxy groups -OCH3 is 1. The van der Waals surface area contributed by atoms with E-state index in [0.717, 1.165) is 12.1 Å². The van der Waals surface area contributed by atoms with Crippen LogP contribution in [0.1, 0.15) is 5.56 Å². The summed E-state index contributed by atoms with van der Waals surface area (Å²) in [4.78, 5) is 1.20. The normalized spacial score (nSPS) is 13.1. The number of anilines is 2. The first-order valence-electron chi connectivity index (χ1n) is 9.53. The maximum Gasteiger partial charge on any atom is 0.339 e. The summed E-state index contributed by atoms with van der Waals surface area (Å²) in [6, 6.07) is 6.89. The van der Waals surface area contributed by atoms with Crippen LogP contribution in [-0.2, 0) is 10.1 Å². The van der Waals surface area contributed by atoms with Crippen molar-refractivity contribution in [1.29, 1.82) is 0 Å². The fourth-order valence-corrected chi connectivity index (χ4v) is 4.84. The van der Waals surface area contributed by atoms with Gasteiger partial charge in [0.05, 0.1) is 17.8 Å². The smallest absolute Gasteiger partial charge is 0.339 e. The molecule has 0 aromatic heterocycles. The number of hydrogen-bond acceptors (Lipinski definition) is 5. The zero-order chi connectivity index (χ0) is 25.7. The summed E-state index contributed by atoms with van der Waals surface area (Å²) < 4.78 is 104. The van der Waals surface area contributed by atoms with E-state index in [-0.39, 0.29) is 0 Å². The van der Waals surface area contributed by atoms with E-state index in [1.807, 2.05) is 0 Å². The number of nitrogens with zero attached hydrogens (tertiary/aromatic N) is 1. The van der Waals surface area contributed by atoms with Crippen LogP contribution in [-0.4, -0.2) is 22.1 Å². The van der Waals surface area contributed by atoms with Crippen LogP contribution in [0.25, 0.3) is 6.08 Å². The van der Waals surface area contributed by atoms with E-state index in [0.29, 0.717) is 38.7 Å². The molecule has 0 spiro atoms. The first-order valence-corrected chi connectivity index (χ1v) is 12.1. The van der Waals surface area contributed by atoms with Crippen LogP contribution in [0.3, 0.4) is 0 Å². The van der Waals surface area contributed by atoms with Gasteiger partial charge in [-0.25, -0.2) is 13.2 Å². The lowest BCUT2D eigenvalue weighted by Gasteiger charge is -2.30. The fraction of sp³-hybridized carbons (Fsp3) is 0.0909. The van der Waals surface area contributed by atoms with Gasteiger partial charge in [-0.2, -0.15) is 17.2 Å². The van der Waals surface area contributed by atoms with Gasteiger partial charge in [-0.3, -0.25) is 0 Å². The van der Waals surface area contributed by atoms with Crippen molar-refractivity contribution in [3.05, 3.63) is 80.6 Å². The standard InChI is InChI=1S/C22H12BrClF5NO4S/c1-33-16-8-12(23)13(24)9-15(16)30-6-2-3-10-7-11(4-5-14(10)30)35(31,32)34-22-20(28)18(26)17(25)19(27)21(22)29/h2-5,7-9H,6H2,1H3. The van der Waals surface area contributed by atoms with Crippen molar-refractivity contribution in [3.63, 3.8) is 0 Å². The van der Waals surface area contributed by atoms with E-state index in [4.69, 9.17) is 16.3 Å². The second kappa shape index (κ2) is 9.32. The van der Waals surface area contributed by atoms with Crippen molar-refractivity contribution in [3.8, 4) is 11.5 Å². The molecular weight excluding hydrogens is 585 g/mol. The topological polar surface area (TPSA) is 55.8 Å². The lowest BCUT2D eigenvalue weighted by atomic mass is 10.1. The SMILES string of the molecule is COc1cc(Br)c(Cl)cc1N1CC=Cc2cc(S(=O)(=O)Oc3c(F)c(F)c(F)c(F)c3F)ccc21. The van der Waals surface area contributed by atoms with Crippen LogP contribution in [0, 0.1) is 29.1 Å². The Kier molecular flexibility index (Phi) is 6.73. The van der Waals surface area contributed by atoms with E-state index in [1.165, 1.54) is 13.2 Å². The Labute approximate surface area is 209 Å². The summed E-state index contributed by atoms with van der Waals surface area (Å²) >= 11 is 9.54. The molecule has 5 nitrogen and oxygen atoms in total. The molecule has 3 aromatic carbocycles. The number of hydrogen-bond donors (Lipinski definition) is 0. The van der Waals surface area contributed by atoms with Gasteiger partial charge in [0.25, 0.3) is 0 Å². The summed E-state index contributed by atoms with van der Waals surface area (Å²) in [5.74, 6) is -13.4. The molecule has 0 radical (unpaired) electrons. The first kappa shape index (κ1) is 25.3. The summed E-state index contributed by atoms with van der Waals surface area (Å²) in [5, 5.41) is 0.396. The van der Waals surface area contributed by atoms with Crippen molar-refractivity contribution >= 4 is 55.1 Å². The molecule has 1 heterocycles. The number of halogens is 7. The Hall–Kier alpha value is -2.83. The fourth-order valence-electron chi connectivity index (χ4n) is 3.39. The van der Waals surface area contributed by atoms with E-state index >= 15 is 0 Å². The predicted octanol–water partition coefficient (Wildman–Crippen LogP) is 6.74. The average Bonchev–Trinajstić information content (AvgIpc) is 2.84. The second-order valence-corrected chi connectivity index (χ2v) is 9.92. The van der Waals surface area contributed by atoms with Crippen LogP contribution >= 0.6 is 27.5 Å². The van der Waals surface area contributed by atoms with Gasteiger partial charge in [0.15, 0.2) is 0 Å². The van der Waals surface area contributed by atoms with E-state index in [1.54, 1.807) is 29.2 Å². The monoisotopic (exact) mass is 595 g/mol. The largest absolute Gasteiger partial charge is 0.495 e. The summed E-state index contributed by atoms with van der Waals surface area (Å²) in [6.45, 7) is 0.370. The number of rotatable bonds is 5. The number of ether oxygens (including phenoxy) is 1. The molecule has 0 saturated heterocycles. The molecule has 4 rings (SSSR count). The summed E-state index contributed by atoms with van der Waals surface area (Å²) in [7, 11) is -3.52. The van der Waals surface area contributed by atoms with E-state index < -0.39 is 49.8 Å². The minimum atomic E-state index is -4.99. The van der Waals surface area contributed by atoms with Crippen LogP contribution in [0.2, 0.25) is 5.02 Å². The Morgan fingerprint density at radius 2 is 1.57 bits per heavy atom. The third-order valence-electron chi connectivity index (χ3n) is 5.04. The van der Waals surface area contributed by atoms with Gasteiger partial charge in [-0.05, 0) is 51.8 Å². The van der Waals surface area contributed by atoms with Crippen LogP contribution in [0.15, 0.2) is 45.8 Å². The van der Waals surface area contributed by atoms with Gasteiger partial charge in [0.2, 0.25) is 34.8 Å². The Bertz CT molecular complexity index is 1470. The minimum Gasteiger partial charge on any atom is -0.495 e. The molecule has 0 saturated carbocycles. The molecule has 1 aliphatic rings. The predicted molar refractivity (Wildman–Crippen MR) is 122 cm³/mol. The quantitative estimate of drug-likeness (QED) is 0.141. The van der Waals surface area contributed by atoms with Gasteiger partial charge in [-0.15, -0.1) is 0 Å². The van der Waals surface area contributed by atoms with E-state index in [9.17, 15) is 30.4 Å². The van der Waals surface area contributed by atoms with Crippen LogP contribution in [0.5, 0.6) is 11.5 Å². The molecule has 0 atom stereocenters. The van der Waals surface area contributed by atoms with Gasteiger partial charge < -0.3 is 13.8 Å². The molecule has 0 fully saturated rings. The molecule has 1 aliphatic heterocycles. The van der Waals surface area contributed by atoms with Gasteiger partial charge in [0, 0.05) is 16.7 Å². The molecule has 0 unspecified atom stereocenters. The third kappa shape index (κ3) is 4.45. The highest BCUT2D eigenvalue weighted by Crippen LogP contribution is 2.42. The highest BCUT2D eigenvalue weighted by molar-refractivity contribution is 9.10. The molecule has 184 valence electrons. The van der Waals surface area contributed by atoms with E-state index in [2.05, 4.69) is 20.1 Å². The molecular formula is C22H12BrClF5NO4S. The van der Waals surface area contributed by atoms with Crippen molar-refractivity contribution < 1.29 is 39.3 Å². The number of benzene rings is 3. The molecule has 35 heavy (non-hydrogen) atoms. The summed E-state index contributed by atoms with van der Waals surface area (Å²) in [6.07, 6.45) is 3.30. The van der Waals surface area contributed by atoms with Crippen LogP contribution < -0.4 is 13.8 Å². The second-order valence-electron chi connectivity index (χ2n) is 7.11. The van der Waals surface area contributed by atoms with Gasteiger partial charge in [-0.1, -0.05) is 23.8 Å². The lowest BCUT2D eigenvalue weighted by molar-refractivity contribution is 0.346.